The third kappa shape index (κ3) is 2.04. The molecule has 0 spiro atoms. The molecule has 3 rings (SSSR count). The molecule has 2 amide bonds. The zero-order valence-electron chi connectivity index (χ0n) is 10.5. The fourth-order valence-electron chi connectivity index (χ4n) is 2.28. The number of carboxylic acids is 1. The van der Waals surface area contributed by atoms with E-state index in [1.54, 1.807) is 30.3 Å². The molecule has 1 aliphatic rings. The lowest BCUT2D eigenvalue weighted by molar-refractivity contribution is 0.0698. The predicted molar refractivity (Wildman–Crippen MR) is 78.7 cm³/mol. The number of halogens is 1. The highest BCUT2D eigenvalue weighted by atomic mass is 79.9. The van der Waals surface area contributed by atoms with Crippen molar-refractivity contribution in [3.63, 3.8) is 0 Å². The molecule has 0 radical (unpaired) electrons. The van der Waals surface area contributed by atoms with Crippen molar-refractivity contribution in [1.82, 2.24) is 0 Å². The Hall–Kier alpha value is -2.47. The highest BCUT2D eigenvalue weighted by molar-refractivity contribution is 9.10. The molecule has 0 fully saturated rings. The van der Waals surface area contributed by atoms with Crippen molar-refractivity contribution in [3.05, 3.63) is 63.6 Å². The van der Waals surface area contributed by atoms with Gasteiger partial charge < -0.3 is 5.11 Å². The van der Waals surface area contributed by atoms with E-state index in [0.29, 0.717) is 4.47 Å². The number of hydrogen-bond acceptors (Lipinski definition) is 3. The van der Waals surface area contributed by atoms with Gasteiger partial charge in [-0.05, 0) is 30.3 Å². The Morgan fingerprint density at radius 2 is 1.57 bits per heavy atom. The minimum absolute atomic E-state index is 0.0666. The van der Waals surface area contributed by atoms with Crippen LogP contribution in [0.5, 0.6) is 0 Å². The van der Waals surface area contributed by atoms with E-state index in [-0.39, 0.29) is 22.4 Å². The SMILES string of the molecule is O=C(O)c1cc(Br)ccc1N1C(=O)c2ccccc2C1=O. The van der Waals surface area contributed by atoms with Crippen LogP contribution in [-0.2, 0) is 0 Å². The molecule has 2 aromatic rings. The number of fused-ring (bicyclic) bond motifs is 1. The maximum atomic E-state index is 12.4. The normalized spacial score (nSPS) is 13.5. The molecule has 0 saturated heterocycles. The van der Waals surface area contributed by atoms with Crippen molar-refractivity contribution < 1.29 is 19.5 Å². The number of carboxylic acid groups (broad SMARTS) is 1. The standard InChI is InChI=1S/C15H8BrNO4/c16-8-5-6-12(11(7-8)15(20)21)17-13(18)9-3-1-2-4-10(9)14(17)19/h1-7H,(H,20,21). The van der Waals surface area contributed by atoms with Crippen LogP contribution in [0.15, 0.2) is 46.9 Å². The Morgan fingerprint density at radius 1 is 1.00 bits per heavy atom. The number of hydrogen-bond donors (Lipinski definition) is 1. The molecular weight excluding hydrogens is 338 g/mol. The molecule has 1 aliphatic heterocycles. The van der Waals surface area contributed by atoms with Gasteiger partial charge in [0.05, 0.1) is 22.4 Å². The van der Waals surface area contributed by atoms with E-state index in [2.05, 4.69) is 15.9 Å². The van der Waals surface area contributed by atoms with E-state index in [4.69, 9.17) is 0 Å². The molecular formula is C15H8BrNO4. The lowest BCUT2D eigenvalue weighted by atomic mass is 10.1. The van der Waals surface area contributed by atoms with Crippen molar-refractivity contribution in [3.8, 4) is 0 Å². The number of imide groups is 1. The maximum Gasteiger partial charge on any atom is 0.337 e. The molecule has 21 heavy (non-hydrogen) atoms. The number of aromatic carboxylic acids is 1. The van der Waals surface area contributed by atoms with E-state index >= 15 is 0 Å². The monoisotopic (exact) mass is 345 g/mol. The van der Waals surface area contributed by atoms with Gasteiger partial charge in [-0.1, -0.05) is 28.1 Å². The second-order valence-electron chi connectivity index (χ2n) is 4.46. The summed E-state index contributed by atoms with van der Waals surface area (Å²) in [5.74, 6) is -2.23. The summed E-state index contributed by atoms with van der Waals surface area (Å²) >= 11 is 3.18. The summed E-state index contributed by atoms with van der Waals surface area (Å²) < 4.78 is 0.556. The number of benzene rings is 2. The van der Waals surface area contributed by atoms with Crippen molar-refractivity contribution in [2.45, 2.75) is 0 Å². The van der Waals surface area contributed by atoms with Gasteiger partial charge in [-0.15, -0.1) is 0 Å². The smallest absolute Gasteiger partial charge is 0.337 e. The van der Waals surface area contributed by atoms with E-state index in [9.17, 15) is 19.5 Å². The highest BCUT2D eigenvalue weighted by Gasteiger charge is 2.38. The third-order valence-corrected chi connectivity index (χ3v) is 3.72. The van der Waals surface area contributed by atoms with Crippen molar-refractivity contribution in [1.29, 1.82) is 0 Å². The number of carbonyl (C=O) groups is 3. The van der Waals surface area contributed by atoms with Gasteiger partial charge in [-0.3, -0.25) is 9.59 Å². The van der Waals surface area contributed by atoms with Gasteiger partial charge in [0.15, 0.2) is 0 Å². The maximum absolute atomic E-state index is 12.4. The van der Waals surface area contributed by atoms with Crippen molar-refractivity contribution in [2.75, 3.05) is 4.90 Å². The second-order valence-corrected chi connectivity index (χ2v) is 5.37. The Morgan fingerprint density at radius 3 is 2.10 bits per heavy atom. The average molecular weight is 346 g/mol. The summed E-state index contributed by atoms with van der Waals surface area (Å²) in [6.07, 6.45) is 0. The number of nitrogens with zero attached hydrogens (tertiary/aromatic N) is 1. The summed E-state index contributed by atoms with van der Waals surface area (Å²) in [7, 11) is 0. The molecule has 1 heterocycles. The van der Waals surface area contributed by atoms with Gasteiger partial charge in [0.1, 0.15) is 0 Å². The third-order valence-electron chi connectivity index (χ3n) is 3.22. The first kappa shape index (κ1) is 13.5. The molecule has 0 bridgehead atoms. The van der Waals surface area contributed by atoms with Crippen LogP contribution in [0.2, 0.25) is 0 Å². The van der Waals surface area contributed by atoms with Crippen LogP contribution in [0.4, 0.5) is 5.69 Å². The fourth-order valence-corrected chi connectivity index (χ4v) is 2.64. The van der Waals surface area contributed by atoms with E-state index in [0.717, 1.165) is 4.90 Å². The Kier molecular flexibility index (Phi) is 3.10. The summed E-state index contributed by atoms with van der Waals surface area (Å²) in [5, 5.41) is 9.27. The largest absolute Gasteiger partial charge is 0.478 e. The topological polar surface area (TPSA) is 74.7 Å². The highest BCUT2D eigenvalue weighted by Crippen LogP contribution is 2.32. The first-order valence-electron chi connectivity index (χ1n) is 6.01. The predicted octanol–water partition coefficient (Wildman–Crippen LogP) is 2.95. The van der Waals surface area contributed by atoms with E-state index in [1.165, 1.54) is 12.1 Å². The summed E-state index contributed by atoms with van der Waals surface area (Å²) in [4.78, 5) is 37.0. The van der Waals surface area contributed by atoms with Crippen LogP contribution in [0.25, 0.3) is 0 Å². The number of rotatable bonds is 2. The Labute approximate surface area is 127 Å². The minimum atomic E-state index is -1.21. The van der Waals surface area contributed by atoms with Crippen LogP contribution in [0.3, 0.4) is 0 Å². The van der Waals surface area contributed by atoms with E-state index < -0.39 is 17.8 Å². The van der Waals surface area contributed by atoms with Crippen molar-refractivity contribution in [2.24, 2.45) is 0 Å². The van der Waals surface area contributed by atoms with E-state index in [1.807, 2.05) is 0 Å². The molecule has 5 nitrogen and oxygen atoms in total. The number of carbonyl (C=O) groups excluding carboxylic acids is 2. The first-order chi connectivity index (χ1) is 10.0. The molecule has 104 valence electrons. The lowest BCUT2D eigenvalue weighted by Crippen LogP contribution is -2.30. The van der Waals surface area contributed by atoms with Crippen LogP contribution in [0.1, 0.15) is 31.1 Å². The van der Waals surface area contributed by atoms with Gasteiger partial charge in [0.2, 0.25) is 0 Å². The zero-order chi connectivity index (χ0) is 15.1. The van der Waals surface area contributed by atoms with Crippen LogP contribution < -0.4 is 4.90 Å². The van der Waals surface area contributed by atoms with Gasteiger partial charge in [0, 0.05) is 4.47 Å². The van der Waals surface area contributed by atoms with Gasteiger partial charge in [-0.25, -0.2) is 9.69 Å². The summed E-state index contributed by atoms with van der Waals surface area (Å²) in [6.45, 7) is 0. The summed E-state index contributed by atoms with van der Waals surface area (Å²) in [5.41, 5.74) is 0.513. The lowest BCUT2D eigenvalue weighted by Gasteiger charge is -2.16. The molecule has 2 aromatic carbocycles. The van der Waals surface area contributed by atoms with Crippen LogP contribution in [0, 0.1) is 0 Å². The second kappa shape index (κ2) is 4.82. The molecule has 1 N–H and O–H groups in total. The molecule has 0 saturated carbocycles. The molecule has 0 unspecified atom stereocenters. The van der Waals surface area contributed by atoms with Gasteiger partial charge in [-0.2, -0.15) is 0 Å². The zero-order valence-corrected chi connectivity index (χ0v) is 12.1. The Bertz CT molecular complexity index is 765. The first-order valence-corrected chi connectivity index (χ1v) is 6.80. The average Bonchev–Trinajstić information content (AvgIpc) is 2.72. The minimum Gasteiger partial charge on any atom is -0.478 e. The summed E-state index contributed by atoms with van der Waals surface area (Å²) in [6, 6.07) is 10.8. The molecule has 0 atom stereocenters. The number of anilines is 1. The van der Waals surface area contributed by atoms with Crippen molar-refractivity contribution >= 4 is 39.4 Å². The van der Waals surface area contributed by atoms with Gasteiger partial charge >= 0.3 is 5.97 Å². The van der Waals surface area contributed by atoms with Crippen LogP contribution in [-0.4, -0.2) is 22.9 Å². The molecule has 6 heteroatoms. The fraction of sp³-hybridized carbons (Fsp3) is 0. The Balaban J connectivity index is 2.18. The van der Waals surface area contributed by atoms with Crippen LogP contribution >= 0.6 is 15.9 Å². The van der Waals surface area contributed by atoms with Gasteiger partial charge in [0.25, 0.3) is 11.8 Å². The molecule has 0 aliphatic carbocycles. The quantitative estimate of drug-likeness (QED) is 0.849. The number of amides is 2. The molecule has 0 aromatic heterocycles.